The Labute approximate surface area is 121 Å². The molecule has 1 rings (SSSR count). The largest absolute Gasteiger partial charge is 0.481 e. The first-order chi connectivity index (χ1) is 9.41. The first kappa shape index (κ1) is 16.4. The van der Waals surface area contributed by atoms with E-state index < -0.39 is 17.7 Å². The van der Waals surface area contributed by atoms with Gasteiger partial charge in [-0.3, -0.25) is 9.59 Å². The summed E-state index contributed by atoms with van der Waals surface area (Å²) in [6, 6.07) is 4.26. The third kappa shape index (κ3) is 5.17. The molecule has 0 bridgehead atoms. The van der Waals surface area contributed by atoms with Gasteiger partial charge in [-0.15, -0.1) is 0 Å². The highest BCUT2D eigenvalue weighted by Crippen LogP contribution is 2.19. The van der Waals surface area contributed by atoms with E-state index in [2.05, 4.69) is 5.32 Å². The molecular weight excluding hydrogens is 285 g/mol. The lowest BCUT2D eigenvalue weighted by molar-refractivity contribution is -0.141. The second-order valence-electron chi connectivity index (χ2n) is 4.61. The van der Waals surface area contributed by atoms with E-state index in [4.69, 9.17) is 16.7 Å². The summed E-state index contributed by atoms with van der Waals surface area (Å²) in [6.45, 7) is 1.98. The quantitative estimate of drug-likeness (QED) is 0.761. The molecule has 1 atom stereocenters. The van der Waals surface area contributed by atoms with Crippen LogP contribution in [0.3, 0.4) is 0 Å². The number of carbonyl (C=O) groups excluding carboxylic acids is 1. The molecular formula is C14H17ClFNO3. The molecule has 0 heterocycles. The van der Waals surface area contributed by atoms with Gasteiger partial charge in [-0.25, -0.2) is 4.39 Å². The standard InChI is InChI=1S/C14H17ClFNO3/c1-9(14(19)20)4-3-7-17-13(18)8-10-11(15)5-2-6-12(10)16/h2,5-6,9H,3-4,7-8H2,1H3,(H,17,18)(H,19,20). The fourth-order valence-corrected chi connectivity index (χ4v) is 1.91. The van der Waals surface area contributed by atoms with Gasteiger partial charge in [0.1, 0.15) is 5.82 Å². The normalized spacial score (nSPS) is 11.9. The van der Waals surface area contributed by atoms with E-state index in [1.54, 1.807) is 6.92 Å². The Bertz CT molecular complexity index is 473. The SMILES string of the molecule is CC(CCCNC(=O)Cc1c(F)cccc1Cl)C(=O)O. The van der Waals surface area contributed by atoms with Crippen molar-refractivity contribution in [3.63, 3.8) is 0 Å². The van der Waals surface area contributed by atoms with Crippen molar-refractivity contribution >= 4 is 23.5 Å². The van der Waals surface area contributed by atoms with Gasteiger partial charge < -0.3 is 10.4 Å². The van der Waals surface area contributed by atoms with Gasteiger partial charge in [-0.05, 0) is 25.0 Å². The summed E-state index contributed by atoms with van der Waals surface area (Å²) in [5.74, 6) is -2.13. The van der Waals surface area contributed by atoms with E-state index in [-0.39, 0.29) is 22.9 Å². The summed E-state index contributed by atoms with van der Waals surface area (Å²) in [6.07, 6.45) is 0.917. The van der Waals surface area contributed by atoms with E-state index >= 15 is 0 Å². The molecule has 4 nitrogen and oxygen atoms in total. The van der Waals surface area contributed by atoms with E-state index in [0.29, 0.717) is 19.4 Å². The zero-order valence-corrected chi connectivity index (χ0v) is 11.9. The molecule has 2 N–H and O–H groups in total. The molecule has 0 aliphatic carbocycles. The number of hydrogen-bond acceptors (Lipinski definition) is 2. The first-order valence-electron chi connectivity index (χ1n) is 6.34. The van der Waals surface area contributed by atoms with Crippen LogP contribution >= 0.6 is 11.6 Å². The van der Waals surface area contributed by atoms with Gasteiger partial charge in [0, 0.05) is 17.1 Å². The fourth-order valence-electron chi connectivity index (χ4n) is 1.68. The maximum absolute atomic E-state index is 13.5. The van der Waals surface area contributed by atoms with Gasteiger partial charge in [0.15, 0.2) is 0 Å². The van der Waals surface area contributed by atoms with Gasteiger partial charge in [0.25, 0.3) is 0 Å². The Hall–Kier alpha value is -1.62. The van der Waals surface area contributed by atoms with E-state index in [0.717, 1.165) is 0 Å². The highest BCUT2D eigenvalue weighted by Gasteiger charge is 2.12. The minimum absolute atomic E-state index is 0.125. The van der Waals surface area contributed by atoms with Crippen LogP contribution in [0.2, 0.25) is 5.02 Å². The van der Waals surface area contributed by atoms with Gasteiger partial charge in [-0.1, -0.05) is 24.6 Å². The lowest BCUT2D eigenvalue weighted by atomic mass is 10.1. The van der Waals surface area contributed by atoms with Crippen LogP contribution in [0, 0.1) is 11.7 Å². The summed E-state index contributed by atoms with van der Waals surface area (Å²) in [7, 11) is 0. The summed E-state index contributed by atoms with van der Waals surface area (Å²) in [5, 5.41) is 11.5. The van der Waals surface area contributed by atoms with Gasteiger partial charge in [0.05, 0.1) is 12.3 Å². The second kappa shape index (κ2) is 7.85. The van der Waals surface area contributed by atoms with Crippen molar-refractivity contribution in [2.24, 2.45) is 5.92 Å². The van der Waals surface area contributed by atoms with Gasteiger partial charge in [-0.2, -0.15) is 0 Å². The molecule has 0 spiro atoms. The summed E-state index contributed by atoms with van der Waals surface area (Å²) in [4.78, 5) is 22.2. The zero-order valence-electron chi connectivity index (χ0n) is 11.2. The molecule has 6 heteroatoms. The second-order valence-corrected chi connectivity index (χ2v) is 5.02. The number of carboxylic acids is 1. The summed E-state index contributed by atoms with van der Waals surface area (Å²) in [5.41, 5.74) is 0.172. The molecule has 110 valence electrons. The molecule has 0 radical (unpaired) electrons. The maximum Gasteiger partial charge on any atom is 0.306 e. The number of nitrogens with one attached hydrogen (secondary N) is 1. The molecule has 1 amide bonds. The molecule has 0 fully saturated rings. The maximum atomic E-state index is 13.5. The molecule has 0 aliphatic heterocycles. The van der Waals surface area contributed by atoms with E-state index in [9.17, 15) is 14.0 Å². The van der Waals surface area contributed by atoms with Crippen LogP contribution in [-0.4, -0.2) is 23.5 Å². The van der Waals surface area contributed by atoms with E-state index in [1.165, 1.54) is 18.2 Å². The van der Waals surface area contributed by atoms with Crippen molar-refractivity contribution in [3.8, 4) is 0 Å². The Kier molecular flexibility index (Phi) is 6.45. The van der Waals surface area contributed by atoms with Crippen LogP contribution in [0.1, 0.15) is 25.3 Å². The van der Waals surface area contributed by atoms with E-state index in [1.807, 2.05) is 0 Å². The number of rotatable bonds is 7. The van der Waals surface area contributed by atoms with Gasteiger partial charge in [0.2, 0.25) is 5.91 Å². The van der Waals surface area contributed by atoms with Crippen molar-refractivity contribution in [3.05, 3.63) is 34.6 Å². The topological polar surface area (TPSA) is 66.4 Å². The number of halogens is 2. The number of benzene rings is 1. The molecule has 20 heavy (non-hydrogen) atoms. The molecule has 1 aromatic rings. The molecule has 1 aromatic carbocycles. The van der Waals surface area contributed by atoms with Crippen LogP contribution in [0.15, 0.2) is 18.2 Å². The average Bonchev–Trinajstić information content (AvgIpc) is 2.38. The van der Waals surface area contributed by atoms with Crippen LogP contribution in [0.5, 0.6) is 0 Å². The molecule has 1 unspecified atom stereocenters. The number of carboxylic acid groups (broad SMARTS) is 1. The van der Waals surface area contributed by atoms with Crippen LogP contribution in [0.25, 0.3) is 0 Å². The summed E-state index contributed by atoms with van der Waals surface area (Å²) < 4.78 is 13.5. The lowest BCUT2D eigenvalue weighted by Gasteiger charge is -2.09. The summed E-state index contributed by atoms with van der Waals surface area (Å²) >= 11 is 5.83. The molecule has 0 saturated heterocycles. The Morgan fingerprint density at radius 3 is 2.75 bits per heavy atom. The number of hydrogen-bond donors (Lipinski definition) is 2. The van der Waals surface area contributed by atoms with Crippen molar-refractivity contribution in [2.45, 2.75) is 26.2 Å². The lowest BCUT2D eigenvalue weighted by Crippen LogP contribution is -2.27. The monoisotopic (exact) mass is 301 g/mol. The number of carbonyl (C=O) groups is 2. The zero-order chi connectivity index (χ0) is 15.1. The average molecular weight is 302 g/mol. The first-order valence-corrected chi connectivity index (χ1v) is 6.72. The predicted octanol–water partition coefficient (Wildman–Crippen LogP) is 2.64. The highest BCUT2D eigenvalue weighted by molar-refractivity contribution is 6.31. The van der Waals surface area contributed by atoms with Crippen LogP contribution < -0.4 is 5.32 Å². The van der Waals surface area contributed by atoms with Gasteiger partial charge >= 0.3 is 5.97 Å². The molecule has 0 aromatic heterocycles. The Balaban J connectivity index is 2.36. The molecule has 0 aliphatic rings. The third-order valence-corrected chi connectivity index (χ3v) is 3.31. The fraction of sp³-hybridized carbons (Fsp3) is 0.429. The minimum Gasteiger partial charge on any atom is -0.481 e. The van der Waals surface area contributed by atoms with Crippen molar-refractivity contribution in [1.29, 1.82) is 0 Å². The number of aliphatic carboxylic acids is 1. The Morgan fingerprint density at radius 2 is 2.15 bits per heavy atom. The smallest absolute Gasteiger partial charge is 0.306 e. The minimum atomic E-state index is -0.852. The Morgan fingerprint density at radius 1 is 1.45 bits per heavy atom. The predicted molar refractivity (Wildman–Crippen MR) is 74.2 cm³/mol. The van der Waals surface area contributed by atoms with Crippen molar-refractivity contribution in [1.82, 2.24) is 5.32 Å². The van der Waals surface area contributed by atoms with Crippen molar-refractivity contribution < 1.29 is 19.1 Å². The van der Waals surface area contributed by atoms with Crippen LogP contribution in [-0.2, 0) is 16.0 Å². The van der Waals surface area contributed by atoms with Crippen LogP contribution in [0.4, 0.5) is 4.39 Å². The number of amides is 1. The third-order valence-electron chi connectivity index (χ3n) is 2.96. The molecule has 0 saturated carbocycles. The van der Waals surface area contributed by atoms with Crippen molar-refractivity contribution in [2.75, 3.05) is 6.54 Å². The highest BCUT2D eigenvalue weighted by atomic mass is 35.5.